The van der Waals surface area contributed by atoms with Crippen molar-refractivity contribution >= 4 is 27.5 Å². The summed E-state index contributed by atoms with van der Waals surface area (Å²) >= 11 is 9.56. The lowest BCUT2D eigenvalue weighted by molar-refractivity contribution is 0.392. The van der Waals surface area contributed by atoms with Gasteiger partial charge in [0, 0.05) is 9.50 Å². The van der Waals surface area contributed by atoms with Crippen LogP contribution in [-0.2, 0) is 6.42 Å². The topological polar surface area (TPSA) is 26.0 Å². The van der Waals surface area contributed by atoms with Gasteiger partial charge in [0.15, 0.2) is 0 Å². The normalized spacial score (nSPS) is 13.2. The first-order chi connectivity index (χ1) is 7.04. The van der Waals surface area contributed by atoms with Gasteiger partial charge in [-0.2, -0.15) is 0 Å². The SMILES string of the molecule is CC(C)C(CN)Cc1ccc(Br)cc1Cl. The number of hydrogen-bond acceptors (Lipinski definition) is 1. The Morgan fingerprint density at radius 1 is 1.40 bits per heavy atom. The Hall–Kier alpha value is -0.0500. The molecular weight excluding hydrogens is 273 g/mol. The van der Waals surface area contributed by atoms with Crippen LogP contribution < -0.4 is 5.73 Å². The van der Waals surface area contributed by atoms with E-state index in [0.29, 0.717) is 18.4 Å². The minimum Gasteiger partial charge on any atom is -0.330 e. The smallest absolute Gasteiger partial charge is 0.0449 e. The lowest BCUT2D eigenvalue weighted by Gasteiger charge is -2.19. The van der Waals surface area contributed by atoms with E-state index in [2.05, 4.69) is 35.8 Å². The van der Waals surface area contributed by atoms with Crippen LogP contribution in [0.2, 0.25) is 5.02 Å². The first-order valence-corrected chi connectivity index (χ1v) is 6.35. The quantitative estimate of drug-likeness (QED) is 0.895. The minimum atomic E-state index is 0.503. The van der Waals surface area contributed by atoms with E-state index >= 15 is 0 Å². The van der Waals surface area contributed by atoms with Crippen molar-refractivity contribution in [3.8, 4) is 0 Å². The number of hydrogen-bond donors (Lipinski definition) is 1. The molecule has 0 amide bonds. The van der Waals surface area contributed by atoms with Crippen molar-refractivity contribution in [1.82, 2.24) is 0 Å². The average Bonchev–Trinajstić information content (AvgIpc) is 2.16. The summed E-state index contributed by atoms with van der Waals surface area (Å²) in [7, 11) is 0. The highest BCUT2D eigenvalue weighted by Gasteiger charge is 2.13. The van der Waals surface area contributed by atoms with Gasteiger partial charge in [-0.25, -0.2) is 0 Å². The van der Waals surface area contributed by atoms with Gasteiger partial charge in [-0.3, -0.25) is 0 Å². The molecule has 0 heterocycles. The Morgan fingerprint density at radius 2 is 2.07 bits per heavy atom. The zero-order valence-electron chi connectivity index (χ0n) is 9.13. The van der Waals surface area contributed by atoms with Gasteiger partial charge in [0.1, 0.15) is 0 Å². The molecule has 84 valence electrons. The van der Waals surface area contributed by atoms with Crippen LogP contribution in [0.25, 0.3) is 0 Å². The molecule has 3 heteroatoms. The molecule has 0 bridgehead atoms. The van der Waals surface area contributed by atoms with Crippen LogP contribution in [0.3, 0.4) is 0 Å². The molecule has 1 rings (SSSR count). The van der Waals surface area contributed by atoms with Crippen LogP contribution >= 0.6 is 27.5 Å². The van der Waals surface area contributed by atoms with Crippen LogP contribution in [0.4, 0.5) is 0 Å². The van der Waals surface area contributed by atoms with Gasteiger partial charge in [-0.1, -0.05) is 47.4 Å². The Bertz CT molecular complexity index is 325. The molecule has 15 heavy (non-hydrogen) atoms. The summed E-state index contributed by atoms with van der Waals surface area (Å²) in [6.45, 7) is 5.11. The number of nitrogens with two attached hydrogens (primary N) is 1. The molecule has 0 fully saturated rings. The molecule has 0 aromatic heterocycles. The second kappa shape index (κ2) is 5.88. The molecule has 0 saturated carbocycles. The Balaban J connectivity index is 2.79. The van der Waals surface area contributed by atoms with E-state index in [-0.39, 0.29) is 0 Å². The summed E-state index contributed by atoms with van der Waals surface area (Å²) in [5.74, 6) is 1.10. The number of benzene rings is 1. The van der Waals surface area contributed by atoms with E-state index in [9.17, 15) is 0 Å². The molecule has 0 aliphatic carbocycles. The Morgan fingerprint density at radius 3 is 2.53 bits per heavy atom. The van der Waals surface area contributed by atoms with Gasteiger partial charge in [0.25, 0.3) is 0 Å². The molecule has 1 atom stereocenters. The van der Waals surface area contributed by atoms with Gasteiger partial charge in [0.05, 0.1) is 0 Å². The van der Waals surface area contributed by atoms with Crippen molar-refractivity contribution in [3.05, 3.63) is 33.3 Å². The van der Waals surface area contributed by atoms with E-state index in [0.717, 1.165) is 15.9 Å². The van der Waals surface area contributed by atoms with Gasteiger partial charge >= 0.3 is 0 Å². The van der Waals surface area contributed by atoms with Crippen molar-refractivity contribution in [2.45, 2.75) is 20.3 Å². The zero-order chi connectivity index (χ0) is 11.4. The van der Waals surface area contributed by atoms with E-state index in [1.807, 2.05) is 12.1 Å². The average molecular weight is 291 g/mol. The van der Waals surface area contributed by atoms with Crippen LogP contribution in [0, 0.1) is 11.8 Å². The lowest BCUT2D eigenvalue weighted by atomic mass is 9.89. The fourth-order valence-corrected chi connectivity index (χ4v) is 2.31. The molecule has 1 aromatic carbocycles. The van der Waals surface area contributed by atoms with Crippen LogP contribution in [0.15, 0.2) is 22.7 Å². The van der Waals surface area contributed by atoms with E-state index in [1.54, 1.807) is 0 Å². The number of halogens is 2. The molecule has 0 aliphatic heterocycles. The standard InChI is InChI=1S/C12H17BrClN/c1-8(2)10(7-15)5-9-3-4-11(13)6-12(9)14/h3-4,6,8,10H,5,7,15H2,1-2H3. The maximum Gasteiger partial charge on any atom is 0.0449 e. The molecule has 0 saturated heterocycles. The van der Waals surface area contributed by atoms with Crippen molar-refractivity contribution in [1.29, 1.82) is 0 Å². The summed E-state index contributed by atoms with van der Waals surface area (Å²) in [5.41, 5.74) is 6.93. The highest BCUT2D eigenvalue weighted by atomic mass is 79.9. The monoisotopic (exact) mass is 289 g/mol. The Labute approximate surface area is 105 Å². The molecule has 0 radical (unpaired) electrons. The van der Waals surface area contributed by atoms with Crippen molar-refractivity contribution in [2.75, 3.05) is 6.54 Å². The molecule has 0 spiro atoms. The molecule has 2 N–H and O–H groups in total. The van der Waals surface area contributed by atoms with Crippen molar-refractivity contribution in [3.63, 3.8) is 0 Å². The summed E-state index contributed by atoms with van der Waals surface area (Å²) in [5, 5.41) is 0.823. The third-order valence-corrected chi connectivity index (χ3v) is 3.59. The predicted octanol–water partition coefficient (Wildman–Crippen LogP) is 3.88. The fourth-order valence-electron chi connectivity index (χ4n) is 1.56. The summed E-state index contributed by atoms with van der Waals surface area (Å²) in [4.78, 5) is 0. The molecular formula is C12H17BrClN. The van der Waals surface area contributed by atoms with Gasteiger partial charge in [-0.05, 0) is 42.5 Å². The van der Waals surface area contributed by atoms with Gasteiger partial charge in [0.2, 0.25) is 0 Å². The second-order valence-corrected chi connectivity index (χ2v) is 5.50. The predicted molar refractivity (Wildman–Crippen MR) is 70.2 cm³/mol. The molecule has 1 unspecified atom stereocenters. The van der Waals surface area contributed by atoms with Crippen LogP contribution in [0.5, 0.6) is 0 Å². The molecule has 1 nitrogen and oxygen atoms in total. The van der Waals surface area contributed by atoms with E-state index in [4.69, 9.17) is 17.3 Å². The number of rotatable bonds is 4. The Kier molecular flexibility index (Phi) is 5.10. The minimum absolute atomic E-state index is 0.503. The van der Waals surface area contributed by atoms with Gasteiger partial charge in [-0.15, -0.1) is 0 Å². The van der Waals surface area contributed by atoms with Crippen LogP contribution in [0.1, 0.15) is 19.4 Å². The largest absolute Gasteiger partial charge is 0.330 e. The van der Waals surface area contributed by atoms with E-state index in [1.165, 1.54) is 5.56 Å². The third kappa shape index (κ3) is 3.78. The van der Waals surface area contributed by atoms with Crippen LogP contribution in [-0.4, -0.2) is 6.54 Å². The fraction of sp³-hybridized carbons (Fsp3) is 0.500. The molecule has 1 aromatic rings. The van der Waals surface area contributed by atoms with E-state index < -0.39 is 0 Å². The zero-order valence-corrected chi connectivity index (χ0v) is 11.5. The first-order valence-electron chi connectivity index (χ1n) is 5.18. The highest BCUT2D eigenvalue weighted by Crippen LogP contribution is 2.25. The maximum absolute atomic E-state index is 6.16. The van der Waals surface area contributed by atoms with Gasteiger partial charge < -0.3 is 5.73 Å². The third-order valence-electron chi connectivity index (χ3n) is 2.74. The highest BCUT2D eigenvalue weighted by molar-refractivity contribution is 9.10. The first kappa shape index (κ1) is 13.0. The summed E-state index contributed by atoms with van der Waals surface area (Å²) in [6, 6.07) is 6.03. The van der Waals surface area contributed by atoms with Crippen molar-refractivity contribution in [2.24, 2.45) is 17.6 Å². The summed E-state index contributed by atoms with van der Waals surface area (Å²) < 4.78 is 1.02. The maximum atomic E-state index is 6.16. The summed E-state index contributed by atoms with van der Waals surface area (Å²) in [6.07, 6.45) is 0.959. The second-order valence-electron chi connectivity index (χ2n) is 4.18. The lowest BCUT2D eigenvalue weighted by Crippen LogP contribution is -2.22. The van der Waals surface area contributed by atoms with Crippen molar-refractivity contribution < 1.29 is 0 Å². The molecule has 0 aliphatic rings.